The molecule has 0 bridgehead atoms. The molecule has 2 atom stereocenters. The zero-order chi connectivity index (χ0) is 13.4. The number of aliphatic imine (C=N–C) groups is 1. The van der Waals surface area contributed by atoms with Crippen molar-refractivity contribution in [2.45, 2.75) is 46.2 Å². The Morgan fingerprint density at radius 1 is 1.35 bits per heavy atom. The van der Waals surface area contributed by atoms with Crippen molar-refractivity contribution in [3.63, 3.8) is 0 Å². The minimum Gasteiger partial charge on any atom is -0.402 e. The first-order valence-electron chi connectivity index (χ1n) is 5.82. The number of hydrogen-bond donors (Lipinski definition) is 1. The third kappa shape index (κ3) is 2.39. The molecule has 0 spiro atoms. The maximum absolute atomic E-state index is 11.9. The van der Waals surface area contributed by atoms with Gasteiger partial charge in [-0.15, -0.1) is 0 Å². The van der Waals surface area contributed by atoms with Crippen LogP contribution >= 0.6 is 0 Å². The van der Waals surface area contributed by atoms with Crippen molar-refractivity contribution in [1.82, 2.24) is 0 Å². The number of esters is 1. The van der Waals surface area contributed by atoms with Crippen LogP contribution in [0.3, 0.4) is 0 Å². The summed E-state index contributed by atoms with van der Waals surface area (Å²) in [6.45, 7) is 9.06. The molecule has 2 N–H and O–H groups in total. The third-order valence-corrected chi connectivity index (χ3v) is 3.29. The number of nitrogens with two attached hydrogens (primary N) is 1. The molecule has 5 nitrogen and oxygen atoms in total. The highest BCUT2D eigenvalue weighted by Crippen LogP contribution is 2.28. The summed E-state index contributed by atoms with van der Waals surface area (Å²) in [6, 6.07) is -0.684. The summed E-state index contributed by atoms with van der Waals surface area (Å²) in [6.07, 6.45) is 0. The van der Waals surface area contributed by atoms with Gasteiger partial charge in [0.2, 0.25) is 5.78 Å². The molecule has 5 heteroatoms. The van der Waals surface area contributed by atoms with Gasteiger partial charge in [-0.05, 0) is 18.8 Å². The number of cyclic esters (lactones) is 1. The summed E-state index contributed by atoms with van der Waals surface area (Å²) in [5, 5.41) is 0. The Kier molecular flexibility index (Phi) is 3.71. The van der Waals surface area contributed by atoms with Crippen LogP contribution in [0.5, 0.6) is 0 Å². The third-order valence-electron chi connectivity index (χ3n) is 3.29. The van der Waals surface area contributed by atoms with Crippen molar-refractivity contribution in [3.05, 3.63) is 0 Å². The van der Waals surface area contributed by atoms with Gasteiger partial charge in [-0.2, -0.15) is 0 Å². The smallest absolute Gasteiger partial charge is 0.340 e. The van der Waals surface area contributed by atoms with Crippen molar-refractivity contribution in [3.8, 4) is 0 Å². The lowest BCUT2D eigenvalue weighted by Crippen LogP contribution is -2.40. The Bertz CT molecular complexity index is 374. The second kappa shape index (κ2) is 4.56. The van der Waals surface area contributed by atoms with E-state index in [1.54, 1.807) is 6.92 Å². The highest BCUT2D eigenvalue weighted by Gasteiger charge is 2.46. The number of carbonyl (C=O) groups is 2. The van der Waals surface area contributed by atoms with E-state index in [1.807, 2.05) is 27.7 Å². The maximum atomic E-state index is 11.9. The van der Waals surface area contributed by atoms with E-state index in [2.05, 4.69) is 4.99 Å². The van der Waals surface area contributed by atoms with E-state index in [0.717, 1.165) is 0 Å². The fourth-order valence-electron chi connectivity index (χ4n) is 1.39. The number of carbonyl (C=O) groups excluding carboxylic acids is 2. The maximum Gasteiger partial charge on any atom is 0.340 e. The molecule has 0 radical (unpaired) electrons. The van der Waals surface area contributed by atoms with E-state index in [9.17, 15) is 9.59 Å². The summed E-state index contributed by atoms with van der Waals surface area (Å²) >= 11 is 0. The van der Waals surface area contributed by atoms with E-state index in [0.29, 0.717) is 0 Å². The zero-order valence-corrected chi connectivity index (χ0v) is 11.0. The summed E-state index contributed by atoms with van der Waals surface area (Å²) < 4.78 is 4.95. The summed E-state index contributed by atoms with van der Waals surface area (Å²) in [4.78, 5) is 27.7. The molecule has 2 unspecified atom stereocenters. The summed E-state index contributed by atoms with van der Waals surface area (Å²) in [7, 11) is 0. The van der Waals surface area contributed by atoms with E-state index in [4.69, 9.17) is 10.5 Å². The van der Waals surface area contributed by atoms with Gasteiger partial charge in [0.25, 0.3) is 5.90 Å². The molecule has 0 amide bonds. The Balaban J connectivity index is 2.96. The monoisotopic (exact) mass is 240 g/mol. The van der Waals surface area contributed by atoms with E-state index >= 15 is 0 Å². The van der Waals surface area contributed by atoms with Crippen LogP contribution in [0.1, 0.15) is 34.6 Å². The predicted octanol–water partition coefficient (Wildman–Crippen LogP) is 0.909. The quantitative estimate of drug-likeness (QED) is 0.740. The number of rotatable bonds is 4. The average Bonchev–Trinajstić information content (AvgIpc) is 2.54. The number of ketones is 1. The Morgan fingerprint density at radius 3 is 2.24 bits per heavy atom. The van der Waals surface area contributed by atoms with Gasteiger partial charge >= 0.3 is 5.97 Å². The molecule has 0 aromatic heterocycles. The molecule has 0 aliphatic carbocycles. The lowest BCUT2D eigenvalue weighted by atomic mass is 9.90. The highest BCUT2D eigenvalue weighted by atomic mass is 16.6. The Morgan fingerprint density at radius 2 is 1.88 bits per heavy atom. The molecule has 1 rings (SSSR count). The number of hydrogen-bond acceptors (Lipinski definition) is 5. The molecule has 0 aromatic rings. The summed E-state index contributed by atoms with van der Waals surface area (Å²) in [5.41, 5.74) is 4.76. The van der Waals surface area contributed by atoms with Gasteiger partial charge in [-0.25, -0.2) is 9.79 Å². The van der Waals surface area contributed by atoms with Gasteiger partial charge in [-0.3, -0.25) is 4.79 Å². The van der Waals surface area contributed by atoms with Gasteiger partial charge in [0.05, 0.1) is 6.04 Å². The van der Waals surface area contributed by atoms with Crippen molar-refractivity contribution < 1.29 is 14.3 Å². The molecule has 96 valence electrons. The van der Waals surface area contributed by atoms with Gasteiger partial charge in [-0.1, -0.05) is 27.7 Å². The van der Waals surface area contributed by atoms with Crippen LogP contribution in [-0.4, -0.2) is 29.2 Å². The lowest BCUT2D eigenvalue weighted by Gasteiger charge is -2.19. The predicted molar refractivity (Wildman–Crippen MR) is 64.6 cm³/mol. The lowest BCUT2D eigenvalue weighted by molar-refractivity contribution is -0.140. The zero-order valence-electron chi connectivity index (χ0n) is 11.0. The second-order valence-corrected chi connectivity index (χ2v) is 5.24. The number of Topliss-reactive ketones (excluding diaryl/α,β-unsaturated/α-hetero) is 1. The standard InChI is InChI=1S/C12H20N2O3/c1-6(2)8(13)9(15)10-14-12(5,7(3)4)11(16)17-10/h6-8H,13H2,1-5H3. The van der Waals surface area contributed by atoms with Gasteiger partial charge in [0, 0.05) is 0 Å². The molecule has 17 heavy (non-hydrogen) atoms. The van der Waals surface area contributed by atoms with Crippen LogP contribution in [0, 0.1) is 11.8 Å². The fourth-order valence-corrected chi connectivity index (χ4v) is 1.39. The normalized spacial score (nSPS) is 26.1. The van der Waals surface area contributed by atoms with Crippen LogP contribution in [0.4, 0.5) is 0 Å². The van der Waals surface area contributed by atoms with Crippen LogP contribution < -0.4 is 5.73 Å². The van der Waals surface area contributed by atoms with Crippen LogP contribution in [-0.2, 0) is 14.3 Å². The average molecular weight is 240 g/mol. The molecule has 0 saturated carbocycles. The van der Waals surface area contributed by atoms with Crippen molar-refractivity contribution in [2.24, 2.45) is 22.6 Å². The van der Waals surface area contributed by atoms with E-state index in [1.165, 1.54) is 0 Å². The topological polar surface area (TPSA) is 81.8 Å². The highest BCUT2D eigenvalue weighted by molar-refractivity contribution is 6.41. The minimum atomic E-state index is -0.971. The van der Waals surface area contributed by atoms with E-state index in [-0.39, 0.29) is 17.7 Å². The molecular weight excluding hydrogens is 220 g/mol. The minimum absolute atomic E-state index is 0.0187. The summed E-state index contributed by atoms with van der Waals surface area (Å²) in [5.74, 6) is -1.08. The second-order valence-electron chi connectivity index (χ2n) is 5.24. The van der Waals surface area contributed by atoms with Crippen LogP contribution in [0.2, 0.25) is 0 Å². The number of ether oxygens (including phenoxy) is 1. The van der Waals surface area contributed by atoms with Gasteiger partial charge in [0.1, 0.15) is 0 Å². The fraction of sp³-hybridized carbons (Fsp3) is 0.750. The molecule has 1 aliphatic heterocycles. The molecular formula is C12H20N2O3. The molecule has 0 fully saturated rings. The van der Waals surface area contributed by atoms with Crippen molar-refractivity contribution >= 4 is 17.7 Å². The van der Waals surface area contributed by atoms with Crippen LogP contribution in [0.15, 0.2) is 4.99 Å². The number of nitrogens with zero attached hydrogens (tertiary/aromatic N) is 1. The first-order chi connectivity index (χ1) is 7.70. The molecule has 0 saturated heterocycles. The molecule has 1 heterocycles. The molecule has 0 aromatic carbocycles. The first kappa shape index (κ1) is 13.8. The van der Waals surface area contributed by atoms with E-state index < -0.39 is 23.3 Å². The molecule has 1 aliphatic rings. The van der Waals surface area contributed by atoms with Gasteiger partial charge < -0.3 is 10.5 Å². The van der Waals surface area contributed by atoms with Gasteiger partial charge in [0.15, 0.2) is 5.54 Å². The van der Waals surface area contributed by atoms with Crippen LogP contribution in [0.25, 0.3) is 0 Å². The Labute approximate surface area is 101 Å². The van der Waals surface area contributed by atoms with Crippen molar-refractivity contribution in [2.75, 3.05) is 0 Å². The first-order valence-corrected chi connectivity index (χ1v) is 5.82. The SMILES string of the molecule is CC(C)C(N)C(=O)C1=NC(C)(C(C)C)C(=O)O1. The Hall–Kier alpha value is -1.23. The largest absolute Gasteiger partial charge is 0.402 e. The van der Waals surface area contributed by atoms with Crippen molar-refractivity contribution in [1.29, 1.82) is 0 Å².